The molecule has 0 bridgehead atoms. The number of piperidine rings is 1. The van der Waals surface area contributed by atoms with E-state index in [-0.39, 0.29) is 11.7 Å². The third-order valence-corrected chi connectivity index (χ3v) is 5.07. The van der Waals surface area contributed by atoms with Crippen LogP contribution in [0.4, 0.5) is 11.9 Å². The van der Waals surface area contributed by atoms with Gasteiger partial charge in [-0.15, -0.1) is 5.10 Å². The maximum absolute atomic E-state index is 12.7. The van der Waals surface area contributed by atoms with E-state index in [2.05, 4.69) is 50.9 Å². The molecule has 2 aliphatic rings. The lowest BCUT2D eigenvalue weighted by molar-refractivity contribution is -0.115. The molecule has 1 aromatic carbocycles. The number of carbonyl (C=O) groups is 1. The minimum absolute atomic E-state index is 0.0821. The lowest BCUT2D eigenvalue weighted by Crippen LogP contribution is -2.49. The Balaban J connectivity index is 1.54. The molecule has 3 heterocycles. The maximum Gasteiger partial charge on any atom is 0.250 e. The van der Waals surface area contributed by atoms with Crippen LogP contribution in [0.15, 0.2) is 35.3 Å². The number of likely N-dealkylation sites (tertiary alicyclic amines) is 1. The number of anilines is 1. The summed E-state index contributed by atoms with van der Waals surface area (Å²) in [4.78, 5) is 26.0. The molecule has 1 atom stereocenters. The second kappa shape index (κ2) is 6.99. The highest BCUT2D eigenvalue weighted by atomic mass is 16.1. The average Bonchev–Trinajstić information content (AvgIpc) is 3.05. The van der Waals surface area contributed by atoms with Gasteiger partial charge in [-0.1, -0.05) is 30.3 Å². The summed E-state index contributed by atoms with van der Waals surface area (Å²) in [5.41, 5.74) is 1.89. The Kier molecular flexibility index (Phi) is 4.55. The van der Waals surface area contributed by atoms with Crippen LogP contribution in [0.25, 0.3) is 0 Å². The van der Waals surface area contributed by atoms with Gasteiger partial charge in [-0.2, -0.15) is 4.98 Å². The molecule has 26 heavy (non-hydrogen) atoms. The summed E-state index contributed by atoms with van der Waals surface area (Å²) < 4.78 is 1.85. The number of Topliss-reactive ketones (excluding diaryl/α,β-unsaturated/α-hetero) is 1. The van der Waals surface area contributed by atoms with Gasteiger partial charge in [-0.05, 0) is 19.4 Å². The van der Waals surface area contributed by atoms with Gasteiger partial charge in [-0.25, -0.2) is 9.67 Å². The maximum atomic E-state index is 12.7. The number of carbonyl (C=O) groups excluding carboxylic acids is 1. The van der Waals surface area contributed by atoms with Gasteiger partial charge in [0.15, 0.2) is 5.78 Å². The first-order valence-corrected chi connectivity index (χ1v) is 9.25. The van der Waals surface area contributed by atoms with Crippen LogP contribution >= 0.6 is 0 Å². The third kappa shape index (κ3) is 3.14. The fraction of sp³-hybridized carbons (Fsp3) is 0.474. The Morgan fingerprint density at radius 2 is 1.92 bits per heavy atom. The molecule has 2 aliphatic heterocycles. The van der Waals surface area contributed by atoms with Crippen molar-refractivity contribution in [2.75, 3.05) is 31.1 Å². The predicted octanol–water partition coefficient (Wildman–Crippen LogP) is 1.91. The van der Waals surface area contributed by atoms with Crippen molar-refractivity contribution < 1.29 is 4.79 Å². The Morgan fingerprint density at radius 1 is 1.15 bits per heavy atom. The van der Waals surface area contributed by atoms with Gasteiger partial charge in [0.05, 0.1) is 18.8 Å². The van der Waals surface area contributed by atoms with Crippen molar-refractivity contribution >= 4 is 23.4 Å². The van der Waals surface area contributed by atoms with Crippen molar-refractivity contribution in [2.24, 2.45) is 10.9 Å². The molecule has 0 N–H and O–H groups in total. The summed E-state index contributed by atoms with van der Waals surface area (Å²) in [6.45, 7) is 8.55. The van der Waals surface area contributed by atoms with Crippen LogP contribution in [0, 0.1) is 5.92 Å². The van der Waals surface area contributed by atoms with E-state index in [1.807, 2.05) is 22.9 Å². The van der Waals surface area contributed by atoms with E-state index in [0.29, 0.717) is 30.7 Å². The van der Waals surface area contributed by atoms with E-state index in [4.69, 9.17) is 0 Å². The van der Waals surface area contributed by atoms with E-state index < -0.39 is 0 Å². The van der Waals surface area contributed by atoms with Gasteiger partial charge in [0.2, 0.25) is 11.9 Å². The predicted molar refractivity (Wildman–Crippen MR) is 101 cm³/mol. The zero-order chi connectivity index (χ0) is 18.1. The van der Waals surface area contributed by atoms with Crippen molar-refractivity contribution in [2.45, 2.75) is 26.9 Å². The highest BCUT2D eigenvalue weighted by Crippen LogP contribution is 2.27. The molecule has 0 saturated carbocycles. The standard InChI is InChI=1S/C19H24N6O/c1-3-24(4-2)19-21-18-20-17-15(12-25(18)22-19)11-23(13-16(17)26)10-14-8-6-5-7-9-14/h5-9,15H,3-4,10-13H2,1-2H3. The molecule has 0 aliphatic carbocycles. The highest BCUT2D eigenvalue weighted by molar-refractivity contribution is 6.42. The number of hydrogen-bond acceptors (Lipinski definition) is 6. The largest absolute Gasteiger partial charge is 0.340 e. The first-order chi connectivity index (χ1) is 12.7. The Labute approximate surface area is 153 Å². The summed E-state index contributed by atoms with van der Waals surface area (Å²) in [5.74, 6) is 1.44. The summed E-state index contributed by atoms with van der Waals surface area (Å²) in [6.07, 6.45) is 0. The van der Waals surface area contributed by atoms with E-state index in [1.54, 1.807) is 0 Å². The van der Waals surface area contributed by atoms with Crippen molar-refractivity contribution in [1.82, 2.24) is 19.7 Å². The topological polar surface area (TPSA) is 66.6 Å². The molecule has 7 nitrogen and oxygen atoms in total. The summed E-state index contributed by atoms with van der Waals surface area (Å²) in [6, 6.07) is 10.3. The molecule has 1 saturated heterocycles. The van der Waals surface area contributed by atoms with Crippen LogP contribution in [-0.2, 0) is 17.9 Å². The molecule has 1 aromatic heterocycles. The molecule has 0 spiro atoms. The number of aromatic nitrogens is 3. The zero-order valence-corrected chi connectivity index (χ0v) is 15.3. The second-order valence-corrected chi connectivity index (χ2v) is 6.84. The van der Waals surface area contributed by atoms with Crippen LogP contribution in [0.3, 0.4) is 0 Å². The molecule has 0 radical (unpaired) electrons. The van der Waals surface area contributed by atoms with Gasteiger partial charge < -0.3 is 4.90 Å². The minimum atomic E-state index is 0.0821. The van der Waals surface area contributed by atoms with Gasteiger partial charge in [0.25, 0.3) is 0 Å². The van der Waals surface area contributed by atoms with Crippen molar-refractivity contribution in [1.29, 1.82) is 0 Å². The Morgan fingerprint density at radius 3 is 2.65 bits per heavy atom. The van der Waals surface area contributed by atoms with Crippen LogP contribution in [0.1, 0.15) is 19.4 Å². The van der Waals surface area contributed by atoms with Crippen molar-refractivity contribution in [3.05, 3.63) is 35.9 Å². The number of aliphatic imine (C=N–C) groups is 1. The quantitative estimate of drug-likeness (QED) is 0.822. The van der Waals surface area contributed by atoms with E-state index in [9.17, 15) is 4.79 Å². The number of benzene rings is 1. The van der Waals surface area contributed by atoms with Gasteiger partial charge in [0.1, 0.15) is 0 Å². The number of hydrogen-bond donors (Lipinski definition) is 0. The molecule has 2 aromatic rings. The molecule has 1 unspecified atom stereocenters. The molecule has 0 amide bonds. The van der Waals surface area contributed by atoms with Crippen LogP contribution in [-0.4, -0.2) is 57.3 Å². The lowest BCUT2D eigenvalue weighted by Gasteiger charge is -2.34. The van der Waals surface area contributed by atoms with Gasteiger partial charge >= 0.3 is 0 Å². The summed E-state index contributed by atoms with van der Waals surface area (Å²) in [5, 5.41) is 4.61. The number of nitrogens with zero attached hydrogens (tertiary/aromatic N) is 6. The normalized spacial score (nSPS) is 19.7. The van der Waals surface area contributed by atoms with Crippen LogP contribution in [0.2, 0.25) is 0 Å². The monoisotopic (exact) mass is 352 g/mol. The Hall–Kier alpha value is -2.54. The van der Waals surface area contributed by atoms with Crippen LogP contribution in [0.5, 0.6) is 0 Å². The molecule has 136 valence electrons. The van der Waals surface area contributed by atoms with E-state index in [0.717, 1.165) is 26.2 Å². The van der Waals surface area contributed by atoms with Crippen molar-refractivity contribution in [3.63, 3.8) is 0 Å². The first-order valence-electron chi connectivity index (χ1n) is 9.25. The lowest BCUT2D eigenvalue weighted by atomic mass is 9.93. The molecular weight excluding hydrogens is 328 g/mol. The molecule has 4 rings (SSSR count). The fourth-order valence-electron chi connectivity index (χ4n) is 3.72. The zero-order valence-electron chi connectivity index (χ0n) is 15.3. The average molecular weight is 352 g/mol. The first kappa shape index (κ1) is 16.9. The van der Waals surface area contributed by atoms with Crippen molar-refractivity contribution in [3.8, 4) is 0 Å². The highest BCUT2D eigenvalue weighted by Gasteiger charge is 2.36. The van der Waals surface area contributed by atoms with E-state index in [1.165, 1.54) is 5.56 Å². The molecule has 1 fully saturated rings. The number of fused-ring (bicyclic) bond motifs is 2. The fourth-order valence-corrected chi connectivity index (χ4v) is 3.72. The van der Waals surface area contributed by atoms with Gasteiger partial charge in [-0.3, -0.25) is 9.69 Å². The SMILES string of the molecule is CCN(CC)c1nc2n(n1)CC1CN(Cc3ccccc3)CC(=O)C1=N2. The third-order valence-electron chi connectivity index (χ3n) is 5.07. The number of ketones is 1. The summed E-state index contributed by atoms with van der Waals surface area (Å²) in [7, 11) is 0. The Bertz CT molecular complexity index is 824. The smallest absolute Gasteiger partial charge is 0.250 e. The minimum Gasteiger partial charge on any atom is -0.340 e. The summed E-state index contributed by atoms with van der Waals surface area (Å²) >= 11 is 0. The second-order valence-electron chi connectivity index (χ2n) is 6.84. The number of rotatable bonds is 5. The molecular formula is C19H24N6O. The molecule has 7 heteroatoms. The van der Waals surface area contributed by atoms with Gasteiger partial charge in [0, 0.05) is 32.1 Å². The van der Waals surface area contributed by atoms with Crippen LogP contribution < -0.4 is 4.90 Å². The van der Waals surface area contributed by atoms with E-state index >= 15 is 0 Å².